The third-order valence-corrected chi connectivity index (χ3v) is 1.16. The fourth-order valence-electron chi connectivity index (χ4n) is 0.664. The van der Waals surface area contributed by atoms with Crippen LogP contribution in [0.5, 0.6) is 0 Å². The molecule has 0 spiro atoms. The number of hydrogen-bond acceptors (Lipinski definition) is 5. The van der Waals surface area contributed by atoms with Gasteiger partial charge in [-0.3, -0.25) is 0 Å². The van der Waals surface area contributed by atoms with Crippen LogP contribution in [0.25, 0.3) is 0 Å². The van der Waals surface area contributed by atoms with Crippen LogP contribution in [0.2, 0.25) is 0 Å². The van der Waals surface area contributed by atoms with Gasteiger partial charge in [0, 0.05) is 18.8 Å². The molecule has 0 rings (SSSR count). The molecule has 0 aliphatic heterocycles. The first-order valence-corrected chi connectivity index (χ1v) is 3.23. The molecule has 0 aromatic carbocycles. The summed E-state index contributed by atoms with van der Waals surface area (Å²) in [5, 5.41) is 35.7. The second kappa shape index (κ2) is 5.06. The topological polar surface area (TPSA) is 101 Å². The Morgan fingerprint density at radius 3 is 2.27 bits per heavy atom. The third kappa shape index (κ3) is 5.78. The van der Waals surface area contributed by atoms with Crippen molar-refractivity contribution >= 4 is 5.97 Å². The minimum Gasteiger partial charge on any atom is -0.550 e. The van der Waals surface area contributed by atoms with Crippen LogP contribution in [0.4, 0.5) is 0 Å². The molecule has 0 aromatic heterocycles. The Bertz CT molecular complexity index is 124. The fraction of sp³-hybridized carbons (Fsp3) is 0.833. The van der Waals surface area contributed by atoms with Gasteiger partial charge in [-0.2, -0.15) is 0 Å². The first-order valence-electron chi connectivity index (χ1n) is 3.23. The van der Waals surface area contributed by atoms with E-state index in [0.29, 0.717) is 0 Å². The molecule has 0 aliphatic carbocycles. The maximum Gasteiger partial charge on any atom is 0.0795 e. The van der Waals surface area contributed by atoms with E-state index in [9.17, 15) is 9.90 Å². The molecule has 66 valence electrons. The van der Waals surface area contributed by atoms with Gasteiger partial charge in [0.15, 0.2) is 0 Å². The molecule has 0 aliphatic rings. The first-order chi connectivity index (χ1) is 5.06. The van der Waals surface area contributed by atoms with Crippen molar-refractivity contribution in [3.05, 3.63) is 0 Å². The van der Waals surface area contributed by atoms with Gasteiger partial charge in [0.1, 0.15) is 0 Å². The SMILES string of the molecule is O=C([O-])CC(O)CC(O)CO. The highest BCUT2D eigenvalue weighted by atomic mass is 16.4. The molecule has 5 nitrogen and oxygen atoms in total. The van der Waals surface area contributed by atoms with Crippen molar-refractivity contribution < 1.29 is 25.2 Å². The van der Waals surface area contributed by atoms with Crippen LogP contribution < -0.4 is 5.11 Å². The summed E-state index contributed by atoms with van der Waals surface area (Å²) in [6.45, 7) is -0.482. The van der Waals surface area contributed by atoms with E-state index in [1.54, 1.807) is 0 Å². The molecule has 0 aromatic rings. The normalized spacial score (nSPS) is 15.9. The summed E-state index contributed by atoms with van der Waals surface area (Å²) in [4.78, 5) is 9.86. The first kappa shape index (κ1) is 10.3. The summed E-state index contributed by atoms with van der Waals surface area (Å²) in [5.74, 6) is -1.37. The van der Waals surface area contributed by atoms with Gasteiger partial charge in [0.05, 0.1) is 18.8 Å². The van der Waals surface area contributed by atoms with Gasteiger partial charge < -0.3 is 25.2 Å². The average Bonchev–Trinajstić information content (AvgIpc) is 1.85. The minimum atomic E-state index is -1.37. The zero-order chi connectivity index (χ0) is 8.85. The molecule has 0 radical (unpaired) electrons. The van der Waals surface area contributed by atoms with E-state index < -0.39 is 31.2 Å². The molecule has 11 heavy (non-hydrogen) atoms. The largest absolute Gasteiger partial charge is 0.550 e. The molecule has 0 amide bonds. The number of aliphatic hydroxyl groups is 3. The van der Waals surface area contributed by atoms with E-state index in [4.69, 9.17) is 15.3 Å². The van der Waals surface area contributed by atoms with E-state index in [-0.39, 0.29) is 6.42 Å². The van der Waals surface area contributed by atoms with Gasteiger partial charge in [-0.05, 0) is 0 Å². The Morgan fingerprint density at radius 1 is 1.36 bits per heavy atom. The molecule has 2 atom stereocenters. The summed E-state index contributed by atoms with van der Waals surface area (Å²) in [6, 6.07) is 0. The molecular weight excluding hydrogens is 152 g/mol. The van der Waals surface area contributed by atoms with Crippen LogP contribution in [0.3, 0.4) is 0 Å². The van der Waals surface area contributed by atoms with Crippen molar-refractivity contribution in [3.63, 3.8) is 0 Å². The van der Waals surface area contributed by atoms with Crippen LogP contribution in [-0.2, 0) is 4.79 Å². The van der Waals surface area contributed by atoms with Crippen molar-refractivity contribution in [2.75, 3.05) is 6.61 Å². The average molecular weight is 163 g/mol. The van der Waals surface area contributed by atoms with Crippen molar-refractivity contribution in [1.82, 2.24) is 0 Å². The van der Waals surface area contributed by atoms with Crippen LogP contribution in [0.15, 0.2) is 0 Å². The summed E-state index contributed by atoms with van der Waals surface area (Å²) in [5.41, 5.74) is 0. The fourth-order valence-corrected chi connectivity index (χ4v) is 0.664. The van der Waals surface area contributed by atoms with Gasteiger partial charge in [-0.15, -0.1) is 0 Å². The number of carbonyl (C=O) groups is 1. The third-order valence-electron chi connectivity index (χ3n) is 1.16. The number of aliphatic hydroxyl groups excluding tert-OH is 3. The molecule has 0 saturated heterocycles. The number of hydrogen-bond donors (Lipinski definition) is 3. The number of carbonyl (C=O) groups excluding carboxylic acids is 1. The van der Waals surface area contributed by atoms with E-state index in [1.807, 2.05) is 0 Å². The summed E-state index contributed by atoms with van der Waals surface area (Å²) < 4.78 is 0. The van der Waals surface area contributed by atoms with Crippen LogP contribution in [0.1, 0.15) is 12.8 Å². The van der Waals surface area contributed by atoms with Gasteiger partial charge >= 0.3 is 0 Å². The van der Waals surface area contributed by atoms with Crippen molar-refractivity contribution in [1.29, 1.82) is 0 Å². The van der Waals surface area contributed by atoms with Crippen LogP contribution in [-0.4, -0.2) is 40.1 Å². The number of aliphatic carboxylic acids is 1. The van der Waals surface area contributed by atoms with Crippen LogP contribution >= 0.6 is 0 Å². The maximum atomic E-state index is 9.86. The Morgan fingerprint density at radius 2 is 1.91 bits per heavy atom. The molecule has 0 fully saturated rings. The molecule has 3 N–H and O–H groups in total. The molecule has 0 heterocycles. The van der Waals surface area contributed by atoms with Crippen LogP contribution in [0, 0.1) is 0 Å². The number of carboxylic acids is 1. The van der Waals surface area contributed by atoms with Gasteiger partial charge in [0.25, 0.3) is 0 Å². The molecule has 0 saturated carbocycles. The van der Waals surface area contributed by atoms with Crippen molar-refractivity contribution in [2.24, 2.45) is 0 Å². The lowest BCUT2D eigenvalue weighted by Gasteiger charge is -2.13. The van der Waals surface area contributed by atoms with E-state index >= 15 is 0 Å². The summed E-state index contributed by atoms with van der Waals surface area (Å²) in [7, 11) is 0. The van der Waals surface area contributed by atoms with Gasteiger partial charge in [-0.1, -0.05) is 0 Å². The molecule has 2 unspecified atom stereocenters. The minimum absolute atomic E-state index is 0.148. The summed E-state index contributed by atoms with van der Waals surface area (Å²) in [6.07, 6.45) is -2.88. The second-order valence-electron chi connectivity index (χ2n) is 2.30. The lowest BCUT2D eigenvalue weighted by atomic mass is 10.1. The standard InChI is InChI=1S/C6H12O5/c7-3-5(9)1-4(8)2-6(10)11/h4-5,7-9H,1-3H2,(H,10,11)/p-1. The Labute approximate surface area is 63.9 Å². The lowest BCUT2D eigenvalue weighted by Crippen LogP contribution is -2.30. The quantitative estimate of drug-likeness (QED) is 0.407. The Hall–Kier alpha value is -0.650. The molecule has 5 heteroatoms. The predicted molar refractivity (Wildman–Crippen MR) is 33.3 cm³/mol. The van der Waals surface area contributed by atoms with E-state index in [0.717, 1.165) is 0 Å². The smallest absolute Gasteiger partial charge is 0.0795 e. The lowest BCUT2D eigenvalue weighted by molar-refractivity contribution is -0.307. The number of rotatable bonds is 5. The van der Waals surface area contributed by atoms with E-state index in [1.165, 1.54) is 0 Å². The highest BCUT2D eigenvalue weighted by Gasteiger charge is 2.10. The van der Waals surface area contributed by atoms with Gasteiger partial charge in [-0.25, -0.2) is 0 Å². The highest BCUT2D eigenvalue weighted by Crippen LogP contribution is 2.00. The predicted octanol–water partition coefficient (Wildman–Crippen LogP) is -2.77. The monoisotopic (exact) mass is 163 g/mol. The zero-order valence-electron chi connectivity index (χ0n) is 5.93. The zero-order valence-corrected chi connectivity index (χ0v) is 5.93. The van der Waals surface area contributed by atoms with Crippen molar-refractivity contribution in [3.8, 4) is 0 Å². The van der Waals surface area contributed by atoms with Gasteiger partial charge in [0.2, 0.25) is 0 Å². The Balaban J connectivity index is 3.51. The van der Waals surface area contributed by atoms with E-state index in [2.05, 4.69) is 0 Å². The molecular formula is C6H11O5-. The maximum absolute atomic E-state index is 9.86. The molecule has 0 bridgehead atoms. The second-order valence-corrected chi connectivity index (χ2v) is 2.30. The highest BCUT2D eigenvalue weighted by molar-refractivity contribution is 5.64. The Kier molecular flexibility index (Phi) is 4.76. The van der Waals surface area contributed by atoms with Crippen molar-refractivity contribution in [2.45, 2.75) is 25.0 Å². The summed E-state index contributed by atoms with van der Waals surface area (Å²) >= 11 is 0. The number of carboxylic acid groups (broad SMARTS) is 1.